The number of nitrogens with zero attached hydrogens (tertiary/aromatic N) is 3. The minimum Gasteiger partial charge on any atom is -0.494 e. The lowest BCUT2D eigenvalue weighted by Crippen LogP contribution is -2.29. The molecule has 4 rings (SSSR count). The summed E-state index contributed by atoms with van der Waals surface area (Å²) < 4.78 is 37.1. The molecule has 1 aliphatic rings. The highest BCUT2D eigenvalue weighted by atomic mass is 19.1. The molecule has 0 saturated carbocycles. The maximum atomic E-state index is 13.9. The van der Waals surface area contributed by atoms with Gasteiger partial charge in [-0.1, -0.05) is 5.16 Å². The lowest BCUT2D eigenvalue weighted by atomic mass is 10.0. The van der Waals surface area contributed by atoms with Gasteiger partial charge in [0.1, 0.15) is 5.82 Å². The number of methoxy groups -OCH3 is 1. The third-order valence-corrected chi connectivity index (χ3v) is 5.00. The van der Waals surface area contributed by atoms with E-state index in [-0.39, 0.29) is 23.4 Å². The van der Waals surface area contributed by atoms with Crippen molar-refractivity contribution in [3.8, 4) is 17.2 Å². The van der Waals surface area contributed by atoms with Crippen molar-refractivity contribution in [2.45, 2.75) is 12.8 Å². The summed E-state index contributed by atoms with van der Waals surface area (Å²) in [4.78, 5) is 18.7. The molecule has 2 heterocycles. The van der Waals surface area contributed by atoms with Crippen molar-refractivity contribution < 1.29 is 22.8 Å². The molecule has 1 unspecified atom stereocenters. The number of aromatic nitrogens is 2. The first-order valence-corrected chi connectivity index (χ1v) is 9.25. The van der Waals surface area contributed by atoms with Crippen LogP contribution >= 0.6 is 0 Å². The minimum absolute atomic E-state index is 0.106. The van der Waals surface area contributed by atoms with Gasteiger partial charge < -0.3 is 14.2 Å². The number of carbonyl (C=O) groups excluding carboxylic acids is 1. The highest BCUT2D eigenvalue weighted by Gasteiger charge is 2.28. The lowest BCUT2D eigenvalue weighted by Gasteiger charge is -2.16. The van der Waals surface area contributed by atoms with Crippen molar-refractivity contribution >= 4 is 5.91 Å². The number of benzene rings is 2. The highest BCUT2D eigenvalue weighted by molar-refractivity contribution is 5.94. The molecule has 1 saturated heterocycles. The van der Waals surface area contributed by atoms with E-state index in [0.717, 1.165) is 6.42 Å². The smallest absolute Gasteiger partial charge is 0.257 e. The van der Waals surface area contributed by atoms with Crippen LogP contribution in [0.5, 0.6) is 5.75 Å². The predicted molar refractivity (Wildman–Crippen MR) is 100 cm³/mol. The number of ether oxygens (including phenoxy) is 1. The molecule has 6 nitrogen and oxygen atoms in total. The van der Waals surface area contributed by atoms with Gasteiger partial charge >= 0.3 is 0 Å². The van der Waals surface area contributed by atoms with Gasteiger partial charge in [-0.2, -0.15) is 4.98 Å². The number of carbonyl (C=O) groups is 1. The highest BCUT2D eigenvalue weighted by Crippen LogP contribution is 2.25. The van der Waals surface area contributed by atoms with E-state index >= 15 is 0 Å². The zero-order valence-corrected chi connectivity index (χ0v) is 15.8. The minimum atomic E-state index is -0.561. The second kappa shape index (κ2) is 7.98. The van der Waals surface area contributed by atoms with E-state index in [9.17, 15) is 13.6 Å². The van der Waals surface area contributed by atoms with Crippen LogP contribution in [0.1, 0.15) is 22.6 Å². The van der Waals surface area contributed by atoms with E-state index in [4.69, 9.17) is 9.26 Å². The first-order valence-electron chi connectivity index (χ1n) is 9.25. The molecule has 0 bridgehead atoms. The van der Waals surface area contributed by atoms with Crippen LogP contribution in [-0.2, 0) is 6.42 Å². The Kier molecular flexibility index (Phi) is 5.24. The molecule has 1 aliphatic heterocycles. The molecule has 2 aromatic carbocycles. The van der Waals surface area contributed by atoms with Gasteiger partial charge in [0.2, 0.25) is 0 Å². The van der Waals surface area contributed by atoms with Gasteiger partial charge in [0.25, 0.3) is 11.8 Å². The summed E-state index contributed by atoms with van der Waals surface area (Å²) in [5.41, 5.74) is 0.942. The Morgan fingerprint density at radius 3 is 2.76 bits per heavy atom. The average Bonchev–Trinajstić information content (AvgIpc) is 3.38. The topological polar surface area (TPSA) is 68.5 Å². The molecular weight excluding hydrogens is 380 g/mol. The van der Waals surface area contributed by atoms with Gasteiger partial charge in [0, 0.05) is 30.6 Å². The summed E-state index contributed by atoms with van der Waals surface area (Å²) in [6.45, 7) is 1.12. The van der Waals surface area contributed by atoms with Gasteiger partial charge in [0.15, 0.2) is 17.4 Å². The van der Waals surface area contributed by atoms with Crippen LogP contribution in [0.2, 0.25) is 0 Å². The van der Waals surface area contributed by atoms with Gasteiger partial charge in [-0.05, 0) is 54.8 Å². The third kappa shape index (κ3) is 4.11. The standard InChI is InChI=1S/C21H19F2N3O3/c1-28-18-7-4-15(11-17(18)23)21(27)26-9-8-13(12-26)10-19-24-20(29-25-19)14-2-5-16(22)6-3-14/h2-7,11,13H,8-10,12H2,1H3. The molecule has 0 radical (unpaired) electrons. The summed E-state index contributed by atoms with van der Waals surface area (Å²) in [5, 5.41) is 3.99. The number of amides is 1. The molecule has 29 heavy (non-hydrogen) atoms. The molecule has 1 atom stereocenters. The maximum absolute atomic E-state index is 13.9. The molecule has 1 aromatic heterocycles. The van der Waals surface area contributed by atoms with Gasteiger partial charge in [-0.15, -0.1) is 0 Å². The Balaban J connectivity index is 1.38. The van der Waals surface area contributed by atoms with Crippen LogP contribution in [0.4, 0.5) is 8.78 Å². The van der Waals surface area contributed by atoms with Crippen molar-refractivity contribution in [2.75, 3.05) is 20.2 Å². The van der Waals surface area contributed by atoms with Crippen molar-refractivity contribution in [2.24, 2.45) is 5.92 Å². The quantitative estimate of drug-likeness (QED) is 0.654. The zero-order chi connectivity index (χ0) is 20.4. The average molecular weight is 399 g/mol. The van der Waals surface area contributed by atoms with Crippen molar-refractivity contribution in [1.82, 2.24) is 15.0 Å². The van der Waals surface area contributed by atoms with E-state index in [1.807, 2.05) is 0 Å². The van der Waals surface area contributed by atoms with E-state index in [1.54, 1.807) is 23.1 Å². The molecular formula is C21H19F2N3O3. The summed E-state index contributed by atoms with van der Waals surface area (Å²) in [6, 6.07) is 10.0. The fourth-order valence-electron chi connectivity index (χ4n) is 3.47. The molecule has 0 spiro atoms. The van der Waals surface area contributed by atoms with E-state index in [2.05, 4.69) is 10.1 Å². The fourth-order valence-corrected chi connectivity index (χ4v) is 3.47. The lowest BCUT2D eigenvalue weighted by molar-refractivity contribution is 0.0786. The van der Waals surface area contributed by atoms with Crippen molar-refractivity contribution in [3.63, 3.8) is 0 Å². The van der Waals surface area contributed by atoms with Gasteiger partial charge in [0.05, 0.1) is 7.11 Å². The zero-order valence-electron chi connectivity index (χ0n) is 15.8. The van der Waals surface area contributed by atoms with Crippen LogP contribution in [0.25, 0.3) is 11.5 Å². The molecule has 0 aliphatic carbocycles. The van der Waals surface area contributed by atoms with Crippen LogP contribution in [0, 0.1) is 17.6 Å². The Morgan fingerprint density at radius 2 is 2.03 bits per heavy atom. The summed E-state index contributed by atoms with van der Waals surface area (Å²) in [7, 11) is 1.38. The second-order valence-corrected chi connectivity index (χ2v) is 6.98. The largest absolute Gasteiger partial charge is 0.494 e. The van der Waals surface area contributed by atoms with Crippen LogP contribution < -0.4 is 4.74 Å². The molecule has 3 aromatic rings. The number of hydrogen-bond acceptors (Lipinski definition) is 5. The normalized spacial score (nSPS) is 16.2. The molecule has 8 heteroatoms. The predicted octanol–water partition coefficient (Wildman–Crippen LogP) is 3.73. The summed E-state index contributed by atoms with van der Waals surface area (Å²) in [5.74, 6) is 0.0544. The summed E-state index contributed by atoms with van der Waals surface area (Å²) in [6.07, 6.45) is 1.36. The number of rotatable bonds is 5. The van der Waals surface area contributed by atoms with E-state index < -0.39 is 5.82 Å². The van der Waals surface area contributed by atoms with Crippen LogP contribution in [0.3, 0.4) is 0 Å². The monoisotopic (exact) mass is 399 g/mol. The molecule has 0 N–H and O–H groups in total. The van der Waals surface area contributed by atoms with E-state index in [1.165, 1.54) is 31.4 Å². The number of likely N-dealkylation sites (tertiary alicyclic amines) is 1. The van der Waals surface area contributed by atoms with Gasteiger partial charge in [-0.25, -0.2) is 8.78 Å². The molecule has 1 amide bonds. The Hall–Kier alpha value is -3.29. The van der Waals surface area contributed by atoms with Crippen LogP contribution in [-0.4, -0.2) is 41.1 Å². The Morgan fingerprint density at radius 1 is 1.24 bits per heavy atom. The van der Waals surface area contributed by atoms with Crippen LogP contribution in [0.15, 0.2) is 47.0 Å². The third-order valence-electron chi connectivity index (χ3n) is 5.00. The second-order valence-electron chi connectivity index (χ2n) is 6.98. The molecule has 1 fully saturated rings. The van der Waals surface area contributed by atoms with E-state index in [0.29, 0.717) is 42.4 Å². The number of halogens is 2. The Labute approximate surface area is 166 Å². The Bertz CT molecular complexity index is 1020. The summed E-state index contributed by atoms with van der Waals surface area (Å²) >= 11 is 0. The van der Waals surface area contributed by atoms with Crippen molar-refractivity contribution in [1.29, 1.82) is 0 Å². The molecule has 150 valence electrons. The first kappa shape index (κ1) is 19.0. The first-order chi connectivity index (χ1) is 14.0. The SMILES string of the molecule is COc1ccc(C(=O)N2CCC(Cc3noc(-c4ccc(F)cc4)n3)C2)cc1F. The fraction of sp³-hybridized carbons (Fsp3) is 0.286. The number of hydrogen-bond donors (Lipinski definition) is 0. The van der Waals surface area contributed by atoms with Crippen molar-refractivity contribution in [3.05, 3.63) is 65.5 Å². The maximum Gasteiger partial charge on any atom is 0.257 e. The van der Waals surface area contributed by atoms with Gasteiger partial charge in [-0.3, -0.25) is 4.79 Å².